The predicted molar refractivity (Wildman–Crippen MR) is 161 cm³/mol. The smallest absolute Gasteiger partial charge is 0.324 e. The van der Waals surface area contributed by atoms with Gasteiger partial charge in [-0.05, 0) is 53.2 Å². The number of halogens is 1. The van der Waals surface area contributed by atoms with Crippen molar-refractivity contribution in [3.63, 3.8) is 0 Å². The first-order valence-electron chi connectivity index (χ1n) is 14.5. The van der Waals surface area contributed by atoms with Gasteiger partial charge in [0.1, 0.15) is 5.83 Å². The van der Waals surface area contributed by atoms with Gasteiger partial charge in [-0.2, -0.15) is 4.98 Å². The van der Waals surface area contributed by atoms with Gasteiger partial charge in [0.25, 0.3) is 5.91 Å². The fraction of sp³-hybridized carbons (Fsp3) is 0.567. The third-order valence-corrected chi connectivity index (χ3v) is 7.47. The van der Waals surface area contributed by atoms with E-state index in [0.29, 0.717) is 30.1 Å². The maximum absolute atomic E-state index is 13.2. The Balaban J connectivity index is 0.000000445. The Hall–Kier alpha value is -3.60. The van der Waals surface area contributed by atoms with E-state index in [0.717, 1.165) is 56.8 Å². The Bertz CT molecular complexity index is 1190. The van der Waals surface area contributed by atoms with Gasteiger partial charge >= 0.3 is 6.01 Å². The number of hydrogen-bond donors (Lipinski definition) is 1. The van der Waals surface area contributed by atoms with Crippen LogP contribution in [0.3, 0.4) is 0 Å². The summed E-state index contributed by atoms with van der Waals surface area (Å²) < 4.78 is 17.3. The Labute approximate surface area is 243 Å². The highest BCUT2D eigenvalue weighted by Crippen LogP contribution is 2.24. The summed E-state index contributed by atoms with van der Waals surface area (Å²) in [5.41, 5.74) is 1.58. The van der Waals surface area contributed by atoms with E-state index >= 15 is 0 Å². The summed E-state index contributed by atoms with van der Waals surface area (Å²) in [5.74, 6) is 1.24. The zero-order valence-electron chi connectivity index (χ0n) is 25.3. The average Bonchev–Trinajstić information content (AvgIpc) is 3.68. The van der Waals surface area contributed by atoms with Crippen molar-refractivity contribution in [3.8, 4) is 0 Å². The lowest BCUT2D eigenvalue weighted by Gasteiger charge is -2.37. The minimum absolute atomic E-state index is 0.00749. The van der Waals surface area contributed by atoms with Crippen LogP contribution >= 0.6 is 0 Å². The van der Waals surface area contributed by atoms with Crippen LogP contribution in [0.5, 0.6) is 0 Å². The quantitative estimate of drug-likeness (QED) is 0.423. The normalized spacial score (nSPS) is 18.1. The van der Waals surface area contributed by atoms with Gasteiger partial charge in [-0.1, -0.05) is 43.3 Å². The summed E-state index contributed by atoms with van der Waals surface area (Å²) in [4.78, 5) is 32.9. The molecule has 2 aromatic heterocycles. The van der Waals surface area contributed by atoms with Gasteiger partial charge < -0.3 is 24.5 Å². The lowest BCUT2D eigenvalue weighted by molar-refractivity contribution is 0.0661. The van der Waals surface area contributed by atoms with Crippen molar-refractivity contribution >= 4 is 17.9 Å². The number of likely N-dealkylation sites (N-methyl/N-ethyl adjacent to an activating group) is 1. The second kappa shape index (κ2) is 15.4. The van der Waals surface area contributed by atoms with Gasteiger partial charge in [0.2, 0.25) is 5.95 Å². The summed E-state index contributed by atoms with van der Waals surface area (Å²) in [6, 6.07) is 1.21. The number of nitrogens with zero attached hydrogens (tertiary/aromatic N) is 7. The summed E-state index contributed by atoms with van der Waals surface area (Å²) in [7, 11) is 1.98. The fourth-order valence-electron chi connectivity index (χ4n) is 4.78. The van der Waals surface area contributed by atoms with Crippen LogP contribution < -0.4 is 15.1 Å². The van der Waals surface area contributed by atoms with Crippen LogP contribution in [-0.2, 0) is 0 Å². The summed E-state index contributed by atoms with van der Waals surface area (Å²) in [6.45, 7) is 17.0. The zero-order valence-corrected chi connectivity index (χ0v) is 25.3. The molecular weight excluding hydrogens is 523 g/mol. The first-order chi connectivity index (χ1) is 19.7. The Morgan fingerprint density at radius 1 is 1.20 bits per heavy atom. The molecule has 0 spiro atoms. The van der Waals surface area contributed by atoms with Crippen LogP contribution in [0.25, 0.3) is 0 Å². The molecule has 1 unspecified atom stereocenters. The molecule has 1 N–H and O–H groups in total. The molecule has 0 aliphatic carbocycles. The molecule has 4 rings (SSSR count). The number of hydrogen-bond acceptors (Lipinski definition) is 9. The maximum atomic E-state index is 13.2. The van der Waals surface area contributed by atoms with E-state index < -0.39 is 5.83 Å². The maximum Gasteiger partial charge on any atom is 0.324 e. The molecule has 0 radical (unpaired) electrons. The molecule has 0 aromatic carbocycles. The molecule has 0 saturated carbocycles. The number of rotatable bonds is 9. The third-order valence-electron chi connectivity index (χ3n) is 7.47. The Morgan fingerprint density at radius 3 is 2.37 bits per heavy atom. The van der Waals surface area contributed by atoms with Crippen molar-refractivity contribution < 1.29 is 13.7 Å². The van der Waals surface area contributed by atoms with Crippen LogP contribution in [-0.4, -0.2) is 82.8 Å². The molecule has 2 fully saturated rings. The molecule has 1 amide bonds. The SMILES string of the molecule is C=C(F)/C=C\C(C)=C/C.CCN(C(=O)c1cnc(N2CCC(NC)C2)nc1)C1CCN(c2nc(C(C)C)no2)CC1. The highest BCUT2D eigenvalue weighted by molar-refractivity contribution is 5.94. The molecule has 0 bridgehead atoms. The van der Waals surface area contributed by atoms with Gasteiger partial charge in [0.15, 0.2) is 5.82 Å². The Kier molecular flexibility index (Phi) is 12.0. The van der Waals surface area contributed by atoms with E-state index in [1.807, 2.05) is 52.6 Å². The molecule has 10 nitrogen and oxygen atoms in total. The minimum Gasteiger partial charge on any atom is -0.339 e. The van der Waals surface area contributed by atoms with Crippen molar-refractivity contribution in [1.29, 1.82) is 0 Å². The van der Waals surface area contributed by atoms with E-state index in [1.54, 1.807) is 18.5 Å². The molecule has 2 aromatic rings. The van der Waals surface area contributed by atoms with Crippen LogP contribution in [0, 0.1) is 0 Å². The van der Waals surface area contributed by atoms with Crippen molar-refractivity contribution in [2.75, 3.05) is 49.6 Å². The number of anilines is 2. The largest absolute Gasteiger partial charge is 0.339 e. The molecule has 11 heteroatoms. The number of aromatic nitrogens is 4. The number of amides is 1. The molecule has 1 atom stereocenters. The van der Waals surface area contributed by atoms with Crippen LogP contribution in [0.2, 0.25) is 0 Å². The van der Waals surface area contributed by atoms with Gasteiger partial charge in [0, 0.05) is 63.1 Å². The topological polar surface area (TPSA) is 104 Å². The van der Waals surface area contributed by atoms with E-state index in [4.69, 9.17) is 4.52 Å². The third kappa shape index (κ3) is 8.94. The van der Waals surface area contributed by atoms with E-state index in [9.17, 15) is 9.18 Å². The molecule has 2 saturated heterocycles. The standard InChI is InChI=1S/C22H34N8O2.C8H11F/c1-5-30(18-7-10-28(11-8-18)22-26-19(15(2)3)27-32-22)20(31)16-12-24-21(25-13-16)29-9-6-17(14-29)23-4;1-4-7(2)5-6-8(3)9/h12-13,15,17-18,23H,5-11,14H2,1-4H3;4-6H,3H2,1-2H3/b;6-5-,7-4-. The summed E-state index contributed by atoms with van der Waals surface area (Å²) >= 11 is 0. The highest BCUT2D eigenvalue weighted by atomic mass is 19.1. The van der Waals surface area contributed by atoms with Gasteiger partial charge in [-0.15, -0.1) is 0 Å². The number of carbonyl (C=O) groups is 1. The summed E-state index contributed by atoms with van der Waals surface area (Å²) in [6.07, 6.45) is 11.1. The first kappa shape index (κ1) is 31.9. The molecular formula is C30H45FN8O2. The van der Waals surface area contributed by atoms with Gasteiger partial charge in [0.05, 0.1) is 5.56 Å². The average molecular weight is 569 g/mol. The summed E-state index contributed by atoms with van der Waals surface area (Å²) in [5, 5.41) is 7.36. The molecule has 41 heavy (non-hydrogen) atoms. The van der Waals surface area contributed by atoms with Gasteiger partial charge in [-0.25, -0.2) is 14.4 Å². The van der Waals surface area contributed by atoms with Crippen molar-refractivity contribution in [2.45, 2.75) is 71.9 Å². The fourth-order valence-corrected chi connectivity index (χ4v) is 4.78. The van der Waals surface area contributed by atoms with Gasteiger partial charge in [-0.3, -0.25) is 4.79 Å². The molecule has 4 heterocycles. The predicted octanol–water partition coefficient (Wildman–Crippen LogP) is 4.90. The molecule has 2 aliphatic rings. The second-order valence-electron chi connectivity index (χ2n) is 10.7. The van der Waals surface area contributed by atoms with Crippen molar-refractivity contribution in [3.05, 3.63) is 60.0 Å². The second-order valence-corrected chi connectivity index (χ2v) is 10.7. The number of carbonyl (C=O) groups excluding carboxylic acids is 1. The lowest BCUT2D eigenvalue weighted by Crippen LogP contribution is -2.47. The lowest BCUT2D eigenvalue weighted by atomic mass is 10.0. The number of allylic oxidation sites excluding steroid dienone is 5. The first-order valence-corrected chi connectivity index (χ1v) is 14.5. The molecule has 2 aliphatic heterocycles. The van der Waals surface area contributed by atoms with E-state index in [1.165, 1.54) is 6.08 Å². The molecule has 224 valence electrons. The van der Waals surface area contributed by atoms with Crippen molar-refractivity contribution in [1.82, 2.24) is 30.3 Å². The van der Waals surface area contributed by atoms with Crippen LogP contribution in [0.4, 0.5) is 16.4 Å². The van der Waals surface area contributed by atoms with Crippen LogP contribution in [0.1, 0.15) is 76.0 Å². The van der Waals surface area contributed by atoms with Crippen LogP contribution in [0.15, 0.2) is 53.1 Å². The monoisotopic (exact) mass is 568 g/mol. The highest BCUT2D eigenvalue weighted by Gasteiger charge is 2.30. The van der Waals surface area contributed by atoms with E-state index in [2.05, 4.69) is 41.8 Å². The zero-order chi connectivity index (χ0) is 29.9. The number of piperidine rings is 1. The van der Waals surface area contributed by atoms with Crippen molar-refractivity contribution in [2.24, 2.45) is 0 Å². The number of nitrogens with one attached hydrogen (secondary N) is 1. The Morgan fingerprint density at radius 2 is 1.85 bits per heavy atom. The minimum atomic E-state index is -0.406. The van der Waals surface area contributed by atoms with E-state index in [-0.39, 0.29) is 17.9 Å².